The zero-order valence-corrected chi connectivity index (χ0v) is 10.7. The molecular weight excluding hydrogens is 266 g/mol. The Morgan fingerprint density at radius 2 is 2.37 bits per heavy atom. The molecule has 0 saturated heterocycles. The van der Waals surface area contributed by atoms with Crippen LogP contribution in [-0.4, -0.2) is 26.0 Å². The number of nitrogens with zero attached hydrogens (tertiary/aromatic N) is 3. The van der Waals surface area contributed by atoms with Crippen molar-refractivity contribution < 1.29 is 9.32 Å². The van der Waals surface area contributed by atoms with Gasteiger partial charge in [-0.1, -0.05) is 5.16 Å². The van der Waals surface area contributed by atoms with Crippen LogP contribution >= 0.6 is 11.3 Å². The van der Waals surface area contributed by atoms with Crippen LogP contribution < -0.4 is 5.73 Å². The summed E-state index contributed by atoms with van der Waals surface area (Å²) in [4.78, 5) is 23.1. The molecule has 0 aliphatic rings. The van der Waals surface area contributed by atoms with Gasteiger partial charge in [0.1, 0.15) is 4.88 Å². The van der Waals surface area contributed by atoms with Gasteiger partial charge in [0.15, 0.2) is 0 Å². The smallest absolute Gasteiger partial charge is 0.270 e. The van der Waals surface area contributed by atoms with Gasteiger partial charge in [-0.15, -0.1) is 11.3 Å². The van der Waals surface area contributed by atoms with Gasteiger partial charge in [0.2, 0.25) is 11.7 Å². The molecule has 96 valence electrons. The van der Waals surface area contributed by atoms with E-state index in [2.05, 4.69) is 20.1 Å². The zero-order valence-electron chi connectivity index (χ0n) is 9.88. The standard InChI is InChI=1S/C11H9N5O2S/c1-5-8(19-4-14-5)11-15-10(16-18-11)7-2-6(3-13-7)9(12)17/h2-4,13H,1H3,(H2,12,17). The van der Waals surface area contributed by atoms with E-state index in [9.17, 15) is 4.79 Å². The SMILES string of the molecule is Cc1ncsc1-c1nc(-c2cc(C(N)=O)c[nH]2)no1. The lowest BCUT2D eigenvalue weighted by Crippen LogP contribution is -2.09. The monoisotopic (exact) mass is 275 g/mol. The van der Waals surface area contributed by atoms with Gasteiger partial charge in [0.05, 0.1) is 22.5 Å². The summed E-state index contributed by atoms with van der Waals surface area (Å²) < 4.78 is 5.19. The number of hydrogen-bond donors (Lipinski definition) is 2. The maximum atomic E-state index is 11.0. The molecule has 3 heterocycles. The number of primary amides is 1. The maximum absolute atomic E-state index is 11.0. The van der Waals surface area contributed by atoms with E-state index in [0.717, 1.165) is 10.6 Å². The molecule has 1 amide bonds. The van der Waals surface area contributed by atoms with Crippen molar-refractivity contribution >= 4 is 17.2 Å². The summed E-state index contributed by atoms with van der Waals surface area (Å²) in [7, 11) is 0. The summed E-state index contributed by atoms with van der Waals surface area (Å²) in [6.45, 7) is 1.87. The number of H-pyrrole nitrogens is 1. The summed E-state index contributed by atoms with van der Waals surface area (Å²) in [6.07, 6.45) is 1.51. The molecule has 0 aromatic carbocycles. The van der Waals surface area contributed by atoms with Crippen LogP contribution in [0.3, 0.4) is 0 Å². The Bertz CT molecular complexity index is 742. The predicted octanol–water partition coefficient (Wildman–Crippen LogP) is 1.60. The van der Waals surface area contributed by atoms with Crippen molar-refractivity contribution in [2.24, 2.45) is 5.73 Å². The minimum absolute atomic E-state index is 0.371. The van der Waals surface area contributed by atoms with Crippen molar-refractivity contribution in [2.45, 2.75) is 6.92 Å². The van der Waals surface area contributed by atoms with E-state index < -0.39 is 5.91 Å². The molecule has 0 fully saturated rings. The number of nitrogens with one attached hydrogen (secondary N) is 1. The fraction of sp³-hybridized carbons (Fsp3) is 0.0909. The lowest BCUT2D eigenvalue weighted by molar-refractivity contribution is 0.100. The molecule has 19 heavy (non-hydrogen) atoms. The Balaban J connectivity index is 1.97. The van der Waals surface area contributed by atoms with Gasteiger partial charge in [0.25, 0.3) is 5.89 Å². The van der Waals surface area contributed by atoms with Gasteiger partial charge in [-0.05, 0) is 13.0 Å². The van der Waals surface area contributed by atoms with E-state index in [1.165, 1.54) is 17.5 Å². The second-order valence-electron chi connectivity index (χ2n) is 3.86. The fourth-order valence-electron chi connectivity index (χ4n) is 1.60. The molecule has 0 aliphatic heterocycles. The molecule has 3 rings (SSSR count). The molecule has 0 spiro atoms. The molecule has 3 N–H and O–H groups in total. The van der Waals surface area contributed by atoms with Gasteiger partial charge in [0, 0.05) is 6.20 Å². The lowest BCUT2D eigenvalue weighted by Gasteiger charge is -1.87. The number of rotatable bonds is 3. The minimum Gasteiger partial charge on any atom is -0.366 e. The molecular formula is C11H9N5O2S. The Morgan fingerprint density at radius 3 is 3.00 bits per heavy atom. The van der Waals surface area contributed by atoms with Crippen molar-refractivity contribution in [3.8, 4) is 22.3 Å². The molecule has 0 radical (unpaired) electrons. The highest BCUT2D eigenvalue weighted by molar-refractivity contribution is 7.13. The van der Waals surface area contributed by atoms with Gasteiger partial charge in [-0.2, -0.15) is 4.98 Å². The van der Waals surface area contributed by atoms with Crippen LogP contribution in [0.1, 0.15) is 16.1 Å². The first-order valence-corrected chi connectivity index (χ1v) is 6.26. The maximum Gasteiger partial charge on any atom is 0.270 e. The van der Waals surface area contributed by atoms with Crippen LogP contribution in [0.15, 0.2) is 22.3 Å². The lowest BCUT2D eigenvalue weighted by atomic mass is 10.3. The zero-order chi connectivity index (χ0) is 13.4. The summed E-state index contributed by atoms with van der Waals surface area (Å²) in [6, 6.07) is 1.58. The highest BCUT2D eigenvalue weighted by Crippen LogP contribution is 2.27. The molecule has 0 unspecified atom stereocenters. The highest BCUT2D eigenvalue weighted by Gasteiger charge is 2.16. The Labute approximate surface area is 111 Å². The first-order chi connectivity index (χ1) is 9.15. The Morgan fingerprint density at radius 1 is 1.53 bits per heavy atom. The quantitative estimate of drug-likeness (QED) is 0.754. The molecule has 0 atom stereocenters. The molecule has 0 bridgehead atoms. The third-order valence-corrected chi connectivity index (χ3v) is 3.49. The number of aryl methyl sites for hydroxylation is 1. The topological polar surface area (TPSA) is 111 Å². The van der Waals surface area contributed by atoms with Crippen molar-refractivity contribution in [2.75, 3.05) is 0 Å². The van der Waals surface area contributed by atoms with Gasteiger partial charge >= 0.3 is 0 Å². The summed E-state index contributed by atoms with van der Waals surface area (Å²) in [5.41, 5.74) is 8.68. The van der Waals surface area contributed by atoms with Crippen LogP contribution in [0.25, 0.3) is 22.3 Å². The Hall–Kier alpha value is -2.48. The number of amides is 1. The first-order valence-electron chi connectivity index (χ1n) is 5.38. The number of carbonyl (C=O) groups is 1. The number of thiazole rings is 1. The average Bonchev–Trinajstić information content (AvgIpc) is 3.07. The van der Waals surface area contributed by atoms with Crippen molar-refractivity contribution in [1.82, 2.24) is 20.1 Å². The summed E-state index contributed by atoms with van der Waals surface area (Å²) in [5.74, 6) is 0.269. The molecule has 3 aromatic heterocycles. The fourth-order valence-corrected chi connectivity index (χ4v) is 2.32. The first kappa shape index (κ1) is 11.6. The number of carbonyl (C=O) groups excluding carboxylic acids is 1. The molecule has 3 aromatic rings. The van der Waals surface area contributed by atoms with Gasteiger partial charge < -0.3 is 15.2 Å². The van der Waals surface area contributed by atoms with Crippen LogP contribution in [0, 0.1) is 6.92 Å². The number of nitrogens with two attached hydrogens (primary N) is 1. The van der Waals surface area contributed by atoms with E-state index in [-0.39, 0.29) is 0 Å². The van der Waals surface area contributed by atoms with Crippen LogP contribution in [0.5, 0.6) is 0 Å². The van der Waals surface area contributed by atoms with Crippen LogP contribution in [0.2, 0.25) is 0 Å². The van der Waals surface area contributed by atoms with E-state index in [1.807, 2.05) is 6.92 Å². The average molecular weight is 275 g/mol. The van der Waals surface area contributed by atoms with Gasteiger partial charge in [-0.25, -0.2) is 4.98 Å². The van der Waals surface area contributed by atoms with Gasteiger partial charge in [-0.3, -0.25) is 4.79 Å². The number of hydrogen-bond acceptors (Lipinski definition) is 6. The molecule has 0 saturated carbocycles. The minimum atomic E-state index is -0.510. The third kappa shape index (κ3) is 2.02. The van der Waals surface area contributed by atoms with E-state index in [1.54, 1.807) is 11.6 Å². The van der Waals surface area contributed by atoms with Crippen molar-refractivity contribution in [3.63, 3.8) is 0 Å². The number of aromatic nitrogens is 4. The van der Waals surface area contributed by atoms with Crippen molar-refractivity contribution in [3.05, 3.63) is 29.0 Å². The van der Waals surface area contributed by atoms with Crippen molar-refractivity contribution in [1.29, 1.82) is 0 Å². The normalized spacial score (nSPS) is 10.8. The molecule has 7 nitrogen and oxygen atoms in total. The third-order valence-electron chi connectivity index (χ3n) is 2.57. The van der Waals surface area contributed by atoms with E-state index >= 15 is 0 Å². The number of aromatic amines is 1. The summed E-state index contributed by atoms with van der Waals surface area (Å²) >= 11 is 1.43. The molecule has 0 aliphatic carbocycles. The Kier molecular flexibility index (Phi) is 2.64. The van der Waals surface area contributed by atoms with E-state index in [0.29, 0.717) is 23.0 Å². The van der Waals surface area contributed by atoms with Crippen LogP contribution in [0.4, 0.5) is 0 Å². The second-order valence-corrected chi connectivity index (χ2v) is 4.71. The highest BCUT2D eigenvalue weighted by atomic mass is 32.1. The van der Waals surface area contributed by atoms with E-state index in [4.69, 9.17) is 10.3 Å². The van der Waals surface area contributed by atoms with Crippen LogP contribution in [-0.2, 0) is 0 Å². The largest absolute Gasteiger partial charge is 0.366 e. The summed E-state index contributed by atoms with van der Waals surface area (Å²) in [5, 5.41) is 3.87. The molecule has 8 heteroatoms. The second kappa shape index (κ2) is 4.32. The predicted molar refractivity (Wildman–Crippen MR) is 68.4 cm³/mol.